The Bertz CT molecular complexity index is 2450. The summed E-state index contributed by atoms with van der Waals surface area (Å²) in [7, 11) is 3.65. The van der Waals surface area contributed by atoms with Crippen LogP contribution in [0.2, 0.25) is 0 Å². The van der Waals surface area contributed by atoms with Gasteiger partial charge in [0.05, 0.1) is 23.1 Å². The van der Waals surface area contributed by atoms with Crippen LogP contribution in [0.4, 0.5) is 27.9 Å². The molecule has 2 atom stereocenters. The second-order valence-electron chi connectivity index (χ2n) is 13.9. The zero-order valence-corrected chi connectivity index (χ0v) is 30.8. The van der Waals surface area contributed by atoms with Crippen LogP contribution in [0.25, 0.3) is 22.5 Å². The molecule has 0 spiro atoms. The number of nitrogens with two attached hydrogens (primary N) is 1. The first-order chi connectivity index (χ1) is 26.2. The molecule has 6 aromatic rings. The molecule has 2 amide bonds. The van der Waals surface area contributed by atoms with E-state index in [9.17, 15) is 4.79 Å². The Balaban J connectivity index is 0.000000136. The minimum absolute atomic E-state index is 0.109. The third kappa shape index (κ3) is 7.24. The summed E-state index contributed by atoms with van der Waals surface area (Å²) >= 11 is 0. The topological polar surface area (TPSA) is 164 Å². The fourth-order valence-corrected chi connectivity index (χ4v) is 7.31. The van der Waals surface area contributed by atoms with E-state index in [0.29, 0.717) is 23.5 Å². The number of amides is 2. The van der Waals surface area contributed by atoms with Crippen molar-refractivity contribution in [3.63, 3.8) is 0 Å². The van der Waals surface area contributed by atoms with Crippen molar-refractivity contribution < 1.29 is 4.79 Å². The summed E-state index contributed by atoms with van der Waals surface area (Å²) in [6.07, 6.45) is 9.30. The summed E-state index contributed by atoms with van der Waals surface area (Å²) in [4.78, 5) is 40.1. The van der Waals surface area contributed by atoms with E-state index in [4.69, 9.17) is 20.7 Å². The standard InChI is InChI=1S/C20H21N7O.C15H15N4.C4H7N3/c1-13-11-14(5-8-21-13)16-3-4-17-19(22-16)27(15-6-10-26(17)12-15)20(28)23-18-7-9-25(2)24-18;1-10-8-11(4-6-16-10)13-2-3-14-15(18-13)17-12-5-7-19(14)9-12;1-7-3-2-4(5)6-7/h3-5,7-9,11,15H,6,10,12H2,1-2H3,(H,23,24,28);2-4,6,8,12H,5,7,9H2,1H3;2-3H,1H3,(H2,5,6)/q;+1;/t15-;12-;/m00./s1. The van der Waals surface area contributed by atoms with E-state index in [-0.39, 0.29) is 12.1 Å². The number of nitrogens with one attached hydrogen (secondary N) is 1. The zero-order chi connectivity index (χ0) is 37.3. The van der Waals surface area contributed by atoms with Gasteiger partial charge in [0.2, 0.25) is 10.8 Å². The molecule has 6 aromatic heterocycles. The molecule has 0 saturated carbocycles. The van der Waals surface area contributed by atoms with E-state index >= 15 is 0 Å². The molecule has 10 rings (SSSR count). The fraction of sp³-hybridized carbons (Fsp3) is 0.308. The van der Waals surface area contributed by atoms with Crippen molar-refractivity contribution >= 4 is 29.2 Å². The van der Waals surface area contributed by atoms with E-state index < -0.39 is 0 Å². The number of anilines is 4. The molecule has 15 heteroatoms. The van der Waals surface area contributed by atoms with Gasteiger partial charge >= 0.3 is 6.03 Å². The van der Waals surface area contributed by atoms with E-state index in [0.717, 1.165) is 84.1 Å². The number of aryl methyl sites for hydroxylation is 4. The first kappa shape index (κ1) is 34.6. The van der Waals surface area contributed by atoms with Crippen LogP contribution in [0, 0.1) is 13.8 Å². The second kappa shape index (κ2) is 14.5. The Labute approximate surface area is 312 Å². The number of hydrogen-bond donors (Lipinski definition) is 2. The third-order valence-electron chi connectivity index (χ3n) is 9.90. The molecular weight excluding hydrogens is 681 g/mol. The van der Waals surface area contributed by atoms with Crippen molar-refractivity contribution in [2.45, 2.75) is 38.8 Å². The molecule has 54 heavy (non-hydrogen) atoms. The van der Waals surface area contributed by atoms with Gasteiger partial charge in [0.1, 0.15) is 18.4 Å². The monoisotopic (exact) mass is 723 g/mol. The van der Waals surface area contributed by atoms with Crippen molar-refractivity contribution in [3.8, 4) is 22.5 Å². The van der Waals surface area contributed by atoms with Gasteiger partial charge in [-0.05, 0) is 68.8 Å². The molecule has 0 radical (unpaired) electrons. The van der Waals surface area contributed by atoms with Crippen molar-refractivity contribution in [3.05, 3.63) is 108 Å². The number of rotatable bonds is 3. The van der Waals surface area contributed by atoms with Crippen LogP contribution in [0.1, 0.15) is 24.2 Å². The second-order valence-corrected chi connectivity index (χ2v) is 13.9. The van der Waals surface area contributed by atoms with E-state index in [1.54, 1.807) is 45.0 Å². The summed E-state index contributed by atoms with van der Waals surface area (Å²) in [6, 6.07) is 20.2. The number of pyridine rings is 4. The quantitative estimate of drug-likeness (QED) is 0.261. The molecule has 15 nitrogen and oxygen atoms in total. The molecule has 2 fully saturated rings. The number of urea groups is 1. The number of carbonyl (C=O) groups excluding carboxylic acids is 1. The summed E-state index contributed by atoms with van der Waals surface area (Å²) in [5.74, 6) is 1.81. The minimum Gasteiger partial charge on any atom is -0.382 e. The lowest BCUT2D eigenvalue weighted by Crippen LogP contribution is -2.48. The third-order valence-corrected chi connectivity index (χ3v) is 9.90. The Hall–Kier alpha value is -6.51. The van der Waals surface area contributed by atoms with Crippen molar-refractivity contribution in [1.29, 1.82) is 0 Å². The maximum Gasteiger partial charge on any atom is 0.329 e. The number of nitrogen functional groups attached to an aromatic ring is 1. The van der Waals surface area contributed by atoms with Gasteiger partial charge in [-0.15, -0.1) is 0 Å². The normalized spacial score (nSPS) is 17.4. The highest BCUT2D eigenvalue weighted by atomic mass is 16.2. The van der Waals surface area contributed by atoms with E-state index in [1.165, 1.54) is 5.36 Å². The van der Waals surface area contributed by atoms with Gasteiger partial charge in [0, 0.05) is 93.0 Å². The highest BCUT2D eigenvalue weighted by Gasteiger charge is 2.40. The van der Waals surface area contributed by atoms with E-state index in [2.05, 4.69) is 59.2 Å². The molecule has 3 N–H and O–H groups in total. The summed E-state index contributed by atoms with van der Waals surface area (Å²) in [6.45, 7) is 7.88. The molecule has 0 unspecified atom stereocenters. The van der Waals surface area contributed by atoms with Gasteiger partial charge in [-0.1, -0.05) is 0 Å². The van der Waals surface area contributed by atoms with Crippen LogP contribution in [0.5, 0.6) is 0 Å². The average Bonchev–Trinajstić information content (AvgIpc) is 3.97. The number of fused-ring (bicyclic) bond motifs is 7. The predicted molar refractivity (Wildman–Crippen MR) is 208 cm³/mol. The molecule has 0 aromatic carbocycles. The van der Waals surface area contributed by atoms with Crippen LogP contribution in [0.3, 0.4) is 0 Å². The molecular formula is C39H43N14O+. The van der Waals surface area contributed by atoms with Gasteiger partial charge in [-0.2, -0.15) is 10.2 Å². The number of hydrogen-bond acceptors (Lipinski definition) is 10. The molecule has 0 aliphatic carbocycles. The molecule has 10 heterocycles. The molecule has 4 aliphatic heterocycles. The van der Waals surface area contributed by atoms with Gasteiger partial charge in [-0.25, -0.2) is 19.3 Å². The van der Waals surface area contributed by atoms with Crippen molar-refractivity contribution in [2.24, 2.45) is 19.1 Å². The minimum atomic E-state index is -0.193. The van der Waals surface area contributed by atoms with Gasteiger partial charge in [0.15, 0.2) is 18.2 Å². The Kier molecular flexibility index (Phi) is 9.27. The van der Waals surface area contributed by atoms with Crippen LogP contribution in [-0.4, -0.2) is 83.8 Å². The van der Waals surface area contributed by atoms with Gasteiger partial charge in [0.25, 0.3) is 0 Å². The lowest BCUT2D eigenvalue weighted by molar-refractivity contribution is 0.254. The summed E-state index contributed by atoms with van der Waals surface area (Å²) in [5.41, 5.74) is 13.0. The Morgan fingerprint density at radius 2 is 1.56 bits per heavy atom. The van der Waals surface area contributed by atoms with Crippen LogP contribution >= 0.6 is 0 Å². The first-order valence-corrected chi connectivity index (χ1v) is 18.1. The average molecular weight is 724 g/mol. The largest absolute Gasteiger partial charge is 0.382 e. The Morgan fingerprint density at radius 3 is 2.20 bits per heavy atom. The zero-order valence-electron chi connectivity index (χ0n) is 30.8. The maximum absolute atomic E-state index is 13.1. The molecule has 274 valence electrons. The fourth-order valence-electron chi connectivity index (χ4n) is 7.31. The highest BCUT2D eigenvalue weighted by Crippen LogP contribution is 2.40. The van der Waals surface area contributed by atoms with Crippen LogP contribution < -0.4 is 36.3 Å². The summed E-state index contributed by atoms with van der Waals surface area (Å²) < 4.78 is 5.72. The Morgan fingerprint density at radius 1 is 0.852 bits per heavy atom. The first-order valence-electron chi connectivity index (χ1n) is 18.1. The van der Waals surface area contributed by atoms with Gasteiger partial charge in [-0.3, -0.25) is 34.5 Å². The SMILES string of the molecule is Cc1cc(-c2ccc3c(n2)=N[C@H]2CC[N+]=3C2)ccn1.Cc1cc(-c2ccc3c(n2)N(C(=O)Nc2ccn(C)n2)[C@H]2CCN3C2)ccn1.Cn1ccc(N)n1. The van der Waals surface area contributed by atoms with E-state index in [1.807, 2.05) is 58.4 Å². The number of nitrogens with zero attached hydrogens (tertiary/aromatic N) is 12. The van der Waals surface area contributed by atoms with Crippen LogP contribution in [0.15, 0.2) is 90.4 Å². The van der Waals surface area contributed by atoms with Gasteiger partial charge < -0.3 is 10.6 Å². The maximum atomic E-state index is 13.1. The van der Waals surface area contributed by atoms with Crippen LogP contribution in [-0.2, 0) is 14.1 Å². The summed E-state index contributed by atoms with van der Waals surface area (Å²) in [5, 5.41) is 12.2. The smallest absolute Gasteiger partial charge is 0.329 e. The molecule has 2 saturated heterocycles. The molecule has 4 bridgehead atoms. The lowest BCUT2D eigenvalue weighted by atomic mass is 10.1. The number of carbonyl (C=O) groups is 1. The predicted octanol–water partition coefficient (Wildman–Crippen LogP) is 3.17. The molecule has 4 aliphatic rings. The number of aromatic nitrogens is 8. The lowest BCUT2D eigenvalue weighted by Gasteiger charge is -2.35. The van der Waals surface area contributed by atoms with Crippen molar-refractivity contribution in [1.82, 2.24) is 44.1 Å². The van der Waals surface area contributed by atoms with Crippen molar-refractivity contribution in [2.75, 3.05) is 47.0 Å². The highest BCUT2D eigenvalue weighted by molar-refractivity contribution is 6.04.